The molecule has 0 unspecified atom stereocenters. The number of benzene rings is 2. The lowest BCUT2D eigenvalue weighted by molar-refractivity contribution is -0.139. The van der Waals surface area contributed by atoms with Crippen LogP contribution >= 0.6 is 0 Å². The number of hydrogen-bond acceptors (Lipinski definition) is 4. The molecule has 3 aromatic rings. The number of halogens is 3. The molecule has 1 aromatic heterocycles. The Morgan fingerprint density at radius 2 is 1.66 bits per heavy atom. The van der Waals surface area contributed by atoms with Crippen LogP contribution in [-0.2, 0) is 23.1 Å². The lowest BCUT2D eigenvalue weighted by atomic mass is 10.2. The first-order chi connectivity index (χ1) is 13.7. The zero-order chi connectivity index (χ0) is 20.8. The molecule has 2 aromatic carbocycles. The molecule has 0 bridgehead atoms. The van der Waals surface area contributed by atoms with Gasteiger partial charge in [0, 0.05) is 44.8 Å². The van der Waals surface area contributed by atoms with E-state index in [2.05, 4.69) is 10.2 Å². The molecule has 1 saturated heterocycles. The van der Waals surface area contributed by atoms with E-state index >= 15 is 0 Å². The minimum absolute atomic E-state index is 0.122. The van der Waals surface area contributed by atoms with Gasteiger partial charge in [-0.2, -0.15) is 13.2 Å². The van der Waals surface area contributed by atoms with Crippen LogP contribution in [0.1, 0.15) is 5.56 Å². The number of aryl methyl sites for hydroxylation is 1. The van der Waals surface area contributed by atoms with Gasteiger partial charge in [0.1, 0.15) is 0 Å². The fourth-order valence-corrected chi connectivity index (χ4v) is 5.56. The fourth-order valence-electron chi connectivity index (χ4n) is 3.84. The highest BCUT2D eigenvalue weighted by atomic mass is 32.2. The van der Waals surface area contributed by atoms with Crippen molar-refractivity contribution in [3.8, 4) is 0 Å². The monoisotopic (exact) mass is 423 g/mol. The lowest BCUT2D eigenvalue weighted by Gasteiger charge is -2.30. The van der Waals surface area contributed by atoms with Crippen LogP contribution in [0.4, 0.5) is 18.9 Å². The first-order valence-electron chi connectivity index (χ1n) is 9.16. The van der Waals surface area contributed by atoms with E-state index in [4.69, 9.17) is 0 Å². The topological polar surface area (TPSA) is 54.3 Å². The Hall–Kier alpha value is -2.52. The van der Waals surface area contributed by atoms with E-state index in [0.717, 1.165) is 44.0 Å². The van der Waals surface area contributed by atoms with E-state index in [9.17, 15) is 21.6 Å². The molecular formula is C20H20F3N3O2S. The molecule has 2 heterocycles. The Labute approximate surface area is 166 Å². The predicted octanol–water partition coefficient (Wildman–Crippen LogP) is 3.44. The van der Waals surface area contributed by atoms with Crippen molar-refractivity contribution in [2.24, 2.45) is 7.05 Å². The number of hydrogen-bond donors (Lipinski definition) is 1. The summed E-state index contributed by atoms with van der Waals surface area (Å²) in [5.74, 6) is 0. The van der Waals surface area contributed by atoms with Gasteiger partial charge in [-0.15, -0.1) is 0 Å². The molecule has 1 aliphatic rings. The summed E-state index contributed by atoms with van der Waals surface area (Å²) < 4.78 is 68.5. The van der Waals surface area contributed by atoms with Gasteiger partial charge in [0.15, 0.2) is 0 Å². The highest BCUT2D eigenvalue weighted by Gasteiger charge is 2.38. The van der Waals surface area contributed by atoms with Crippen LogP contribution in [0.15, 0.2) is 58.5 Å². The maximum atomic E-state index is 13.4. The first-order valence-corrected chi connectivity index (χ1v) is 10.6. The molecule has 0 amide bonds. The third kappa shape index (κ3) is 3.38. The van der Waals surface area contributed by atoms with Crippen LogP contribution in [0.3, 0.4) is 0 Å². The molecule has 1 N–H and O–H groups in total. The van der Waals surface area contributed by atoms with Crippen molar-refractivity contribution in [3.63, 3.8) is 0 Å². The minimum atomic E-state index is -4.76. The van der Waals surface area contributed by atoms with Gasteiger partial charge in [0.05, 0.1) is 26.6 Å². The standard InChI is InChI=1S/C20H20F3N3O2S/c1-25-13-18(29(27,28)17-8-3-2-6-15(17)20(21,22)23)14-5-4-7-16(19(14)25)26-11-9-24-10-12-26/h2-8,13,24H,9-12H2,1H3. The Balaban J connectivity index is 1.92. The van der Waals surface area contributed by atoms with Crippen molar-refractivity contribution >= 4 is 26.4 Å². The van der Waals surface area contributed by atoms with Gasteiger partial charge >= 0.3 is 6.18 Å². The largest absolute Gasteiger partial charge is 0.417 e. The van der Waals surface area contributed by atoms with Crippen molar-refractivity contribution in [3.05, 3.63) is 54.2 Å². The molecule has 154 valence electrons. The summed E-state index contributed by atoms with van der Waals surface area (Å²) in [4.78, 5) is 1.30. The summed E-state index contributed by atoms with van der Waals surface area (Å²) in [5.41, 5.74) is 0.407. The number of anilines is 1. The number of piperazine rings is 1. The Morgan fingerprint density at radius 3 is 2.34 bits per heavy atom. The van der Waals surface area contributed by atoms with Gasteiger partial charge in [-0.1, -0.05) is 24.3 Å². The molecule has 9 heteroatoms. The van der Waals surface area contributed by atoms with E-state index in [0.29, 0.717) is 10.9 Å². The third-order valence-corrected chi connectivity index (χ3v) is 7.01. The van der Waals surface area contributed by atoms with Crippen molar-refractivity contribution in [1.29, 1.82) is 0 Å². The number of alkyl halides is 3. The average Bonchev–Trinajstić information content (AvgIpc) is 3.06. The maximum absolute atomic E-state index is 13.4. The fraction of sp³-hybridized carbons (Fsp3) is 0.300. The first kappa shape index (κ1) is 19.8. The highest BCUT2D eigenvalue weighted by molar-refractivity contribution is 7.91. The minimum Gasteiger partial charge on any atom is -0.367 e. The normalized spacial score (nSPS) is 15.8. The molecule has 1 aliphatic heterocycles. The van der Waals surface area contributed by atoms with Gasteiger partial charge in [-0.05, 0) is 18.2 Å². The quantitative estimate of drug-likeness (QED) is 0.701. The summed E-state index contributed by atoms with van der Waals surface area (Å²) in [6, 6.07) is 9.60. The van der Waals surface area contributed by atoms with E-state index in [1.807, 2.05) is 6.07 Å². The number of fused-ring (bicyclic) bond motifs is 1. The molecule has 0 saturated carbocycles. The molecule has 29 heavy (non-hydrogen) atoms. The van der Waals surface area contributed by atoms with Gasteiger partial charge in [-0.3, -0.25) is 0 Å². The van der Waals surface area contributed by atoms with Crippen molar-refractivity contribution in [2.75, 3.05) is 31.1 Å². The number of aromatic nitrogens is 1. The molecular weight excluding hydrogens is 403 g/mol. The van der Waals surface area contributed by atoms with E-state index < -0.39 is 26.5 Å². The highest BCUT2D eigenvalue weighted by Crippen LogP contribution is 2.39. The van der Waals surface area contributed by atoms with Gasteiger partial charge in [0.25, 0.3) is 0 Å². The maximum Gasteiger partial charge on any atom is 0.417 e. The van der Waals surface area contributed by atoms with Crippen LogP contribution in [0.25, 0.3) is 10.9 Å². The summed E-state index contributed by atoms with van der Waals surface area (Å²) in [6.07, 6.45) is -3.36. The van der Waals surface area contributed by atoms with Crippen molar-refractivity contribution in [1.82, 2.24) is 9.88 Å². The molecule has 1 fully saturated rings. The Morgan fingerprint density at radius 1 is 0.966 bits per heavy atom. The lowest BCUT2D eigenvalue weighted by Crippen LogP contribution is -2.43. The van der Waals surface area contributed by atoms with E-state index in [1.165, 1.54) is 18.3 Å². The summed E-state index contributed by atoms with van der Waals surface area (Å²) in [7, 11) is -2.67. The smallest absolute Gasteiger partial charge is 0.367 e. The second-order valence-electron chi connectivity index (χ2n) is 7.01. The van der Waals surface area contributed by atoms with Crippen LogP contribution in [0, 0.1) is 0 Å². The van der Waals surface area contributed by atoms with Crippen LogP contribution in [0.5, 0.6) is 0 Å². The summed E-state index contributed by atoms with van der Waals surface area (Å²) in [5, 5.41) is 3.68. The van der Waals surface area contributed by atoms with Crippen molar-refractivity contribution < 1.29 is 21.6 Å². The zero-order valence-electron chi connectivity index (χ0n) is 15.7. The number of nitrogens with zero attached hydrogens (tertiary/aromatic N) is 2. The SMILES string of the molecule is Cn1cc(S(=O)(=O)c2ccccc2C(F)(F)F)c2cccc(N3CCNCC3)c21. The second kappa shape index (κ2) is 7.07. The number of sulfone groups is 1. The number of nitrogens with one attached hydrogen (secondary N) is 1. The second-order valence-corrected chi connectivity index (χ2v) is 8.90. The van der Waals surface area contributed by atoms with Crippen LogP contribution < -0.4 is 10.2 Å². The molecule has 0 spiro atoms. The molecule has 0 atom stereocenters. The van der Waals surface area contributed by atoms with Crippen LogP contribution in [0.2, 0.25) is 0 Å². The molecule has 4 rings (SSSR count). The van der Waals surface area contributed by atoms with Gasteiger partial charge < -0.3 is 14.8 Å². The zero-order valence-corrected chi connectivity index (χ0v) is 16.5. The number of para-hydroxylation sites is 1. The summed E-state index contributed by atoms with van der Waals surface area (Å²) in [6.45, 7) is 3.16. The van der Waals surface area contributed by atoms with Gasteiger partial charge in [-0.25, -0.2) is 8.42 Å². The molecule has 0 aliphatic carbocycles. The summed E-state index contributed by atoms with van der Waals surface area (Å²) >= 11 is 0. The van der Waals surface area contributed by atoms with Crippen molar-refractivity contribution in [2.45, 2.75) is 16.0 Å². The predicted molar refractivity (Wildman–Crippen MR) is 105 cm³/mol. The molecule has 5 nitrogen and oxygen atoms in total. The van der Waals surface area contributed by atoms with E-state index in [1.54, 1.807) is 23.7 Å². The Bertz CT molecular complexity index is 1160. The average molecular weight is 423 g/mol. The van der Waals surface area contributed by atoms with Gasteiger partial charge in [0.2, 0.25) is 9.84 Å². The third-order valence-electron chi connectivity index (χ3n) is 5.17. The van der Waals surface area contributed by atoms with Crippen LogP contribution in [-0.4, -0.2) is 39.2 Å². The van der Waals surface area contributed by atoms with E-state index in [-0.39, 0.29) is 4.90 Å². The number of rotatable bonds is 3. The molecule has 0 radical (unpaired) electrons. The Kier molecular flexibility index (Phi) is 4.82.